The largest absolute Gasteiger partial charge is 0.480 e. The van der Waals surface area contributed by atoms with E-state index in [1.807, 2.05) is 24.5 Å². The Kier molecular flexibility index (Phi) is 8.45. The standard InChI is InChI=1S/C18H29N3O3.ClH/c1-4-13(5-2)10-14(19-12(3)22)17-16(21-8-6-7-9-21)11-15(20-17)18(23)24;/h6-9,13-17,20H,4-5,10-11H2,1-3H3,(H,19,22)(H,23,24);1H/t14-,15+,16+,17+;/m0./s1. The molecule has 0 saturated carbocycles. The molecule has 2 rings (SSSR count). The topological polar surface area (TPSA) is 83.4 Å². The fraction of sp³-hybridized carbons (Fsp3) is 0.667. The summed E-state index contributed by atoms with van der Waals surface area (Å²) in [6.07, 6.45) is 7.41. The molecule has 25 heavy (non-hydrogen) atoms. The SMILES string of the molecule is CCC(CC)C[C@H](NC(C)=O)[C@H]1N[C@@H](C(=O)O)C[C@H]1n1cccc1.Cl. The number of nitrogens with zero attached hydrogens (tertiary/aromatic N) is 1. The average Bonchev–Trinajstić information content (AvgIpc) is 3.19. The highest BCUT2D eigenvalue weighted by molar-refractivity contribution is 5.85. The van der Waals surface area contributed by atoms with Crippen molar-refractivity contribution in [2.45, 2.75) is 70.6 Å². The minimum Gasteiger partial charge on any atom is -0.480 e. The summed E-state index contributed by atoms with van der Waals surface area (Å²) in [5.41, 5.74) is 0. The third kappa shape index (κ3) is 5.47. The lowest BCUT2D eigenvalue weighted by Crippen LogP contribution is -2.52. The Morgan fingerprint density at radius 1 is 1.28 bits per heavy atom. The zero-order chi connectivity index (χ0) is 17.7. The van der Waals surface area contributed by atoms with E-state index in [4.69, 9.17) is 0 Å². The van der Waals surface area contributed by atoms with Gasteiger partial charge in [-0.15, -0.1) is 12.4 Å². The van der Waals surface area contributed by atoms with Gasteiger partial charge in [0.15, 0.2) is 0 Å². The van der Waals surface area contributed by atoms with Gasteiger partial charge >= 0.3 is 5.97 Å². The van der Waals surface area contributed by atoms with Crippen LogP contribution < -0.4 is 10.6 Å². The summed E-state index contributed by atoms with van der Waals surface area (Å²) in [7, 11) is 0. The summed E-state index contributed by atoms with van der Waals surface area (Å²) in [6.45, 7) is 5.84. The van der Waals surface area contributed by atoms with Gasteiger partial charge in [-0.3, -0.25) is 14.9 Å². The molecule has 0 unspecified atom stereocenters. The Balaban J connectivity index is 0.00000312. The molecule has 7 heteroatoms. The lowest BCUT2D eigenvalue weighted by atomic mass is 9.89. The Bertz CT molecular complexity index is 546. The molecule has 1 aliphatic rings. The van der Waals surface area contributed by atoms with Gasteiger partial charge in [0.05, 0.1) is 6.04 Å². The molecule has 1 aromatic rings. The van der Waals surface area contributed by atoms with Gasteiger partial charge in [0, 0.05) is 31.4 Å². The molecule has 1 aliphatic heterocycles. The number of nitrogens with one attached hydrogen (secondary N) is 2. The van der Waals surface area contributed by atoms with Crippen molar-refractivity contribution in [3.05, 3.63) is 24.5 Å². The predicted octanol–water partition coefficient (Wildman–Crippen LogP) is 2.60. The molecule has 6 nitrogen and oxygen atoms in total. The molecule has 0 aromatic carbocycles. The van der Waals surface area contributed by atoms with Crippen LogP contribution in [-0.2, 0) is 9.59 Å². The second kappa shape index (κ2) is 9.82. The molecular formula is C18H30ClN3O3. The number of carboxylic acids is 1. The van der Waals surface area contributed by atoms with Gasteiger partial charge in [0.2, 0.25) is 5.91 Å². The minimum absolute atomic E-state index is 0. The number of carboxylic acid groups (broad SMARTS) is 1. The average molecular weight is 372 g/mol. The van der Waals surface area contributed by atoms with E-state index in [2.05, 4.69) is 29.0 Å². The molecule has 1 aromatic heterocycles. The Morgan fingerprint density at radius 3 is 2.36 bits per heavy atom. The first kappa shape index (κ1) is 21.5. The third-order valence-corrected chi connectivity index (χ3v) is 5.16. The number of aromatic nitrogens is 1. The van der Waals surface area contributed by atoms with Gasteiger partial charge in [0.1, 0.15) is 6.04 Å². The van der Waals surface area contributed by atoms with Crippen molar-refractivity contribution < 1.29 is 14.7 Å². The molecule has 1 saturated heterocycles. The van der Waals surface area contributed by atoms with Crippen LogP contribution in [0.4, 0.5) is 0 Å². The molecule has 2 heterocycles. The monoisotopic (exact) mass is 371 g/mol. The van der Waals surface area contributed by atoms with E-state index in [9.17, 15) is 14.7 Å². The van der Waals surface area contributed by atoms with Crippen LogP contribution >= 0.6 is 12.4 Å². The minimum atomic E-state index is -0.834. The second-order valence-corrected chi connectivity index (χ2v) is 6.74. The third-order valence-electron chi connectivity index (χ3n) is 5.16. The van der Waals surface area contributed by atoms with E-state index >= 15 is 0 Å². The van der Waals surface area contributed by atoms with Gasteiger partial charge in [-0.05, 0) is 30.9 Å². The lowest BCUT2D eigenvalue weighted by Gasteiger charge is -2.32. The van der Waals surface area contributed by atoms with E-state index in [0.29, 0.717) is 12.3 Å². The molecule has 1 amide bonds. The number of hydrogen-bond donors (Lipinski definition) is 3. The second-order valence-electron chi connectivity index (χ2n) is 6.74. The number of rotatable bonds is 8. The predicted molar refractivity (Wildman–Crippen MR) is 100.0 cm³/mol. The molecule has 0 radical (unpaired) electrons. The van der Waals surface area contributed by atoms with Crippen LogP contribution in [0, 0.1) is 5.92 Å². The quantitative estimate of drug-likeness (QED) is 0.655. The summed E-state index contributed by atoms with van der Waals surface area (Å²) < 4.78 is 2.06. The summed E-state index contributed by atoms with van der Waals surface area (Å²) in [4.78, 5) is 23.2. The van der Waals surface area contributed by atoms with Crippen LogP contribution in [0.5, 0.6) is 0 Å². The van der Waals surface area contributed by atoms with Gasteiger partial charge < -0.3 is 15.0 Å². The zero-order valence-corrected chi connectivity index (χ0v) is 16.0. The maximum Gasteiger partial charge on any atom is 0.320 e. The molecular weight excluding hydrogens is 342 g/mol. The van der Waals surface area contributed by atoms with Crippen LogP contribution in [0.25, 0.3) is 0 Å². The highest BCUT2D eigenvalue weighted by atomic mass is 35.5. The molecule has 3 N–H and O–H groups in total. The first-order valence-corrected chi connectivity index (χ1v) is 8.84. The number of carbonyl (C=O) groups is 2. The van der Waals surface area contributed by atoms with Crippen LogP contribution in [0.15, 0.2) is 24.5 Å². The van der Waals surface area contributed by atoms with Crippen molar-refractivity contribution >= 4 is 24.3 Å². The normalized spacial score (nSPS) is 23.9. The Morgan fingerprint density at radius 2 is 1.88 bits per heavy atom. The summed E-state index contributed by atoms with van der Waals surface area (Å²) in [5.74, 6) is -0.394. The van der Waals surface area contributed by atoms with Gasteiger partial charge in [-0.1, -0.05) is 26.7 Å². The highest BCUT2D eigenvalue weighted by Gasteiger charge is 2.42. The number of amides is 1. The number of halogens is 1. The number of aliphatic carboxylic acids is 1. The van der Waals surface area contributed by atoms with Crippen molar-refractivity contribution in [2.75, 3.05) is 0 Å². The molecule has 1 fully saturated rings. The van der Waals surface area contributed by atoms with Crippen molar-refractivity contribution in [1.82, 2.24) is 15.2 Å². The van der Waals surface area contributed by atoms with Crippen molar-refractivity contribution in [2.24, 2.45) is 5.92 Å². The van der Waals surface area contributed by atoms with Crippen molar-refractivity contribution in [1.29, 1.82) is 0 Å². The summed E-state index contributed by atoms with van der Waals surface area (Å²) in [5, 5.41) is 15.7. The van der Waals surface area contributed by atoms with E-state index in [1.54, 1.807) is 0 Å². The molecule has 0 bridgehead atoms. The first-order valence-electron chi connectivity index (χ1n) is 8.84. The van der Waals surface area contributed by atoms with Crippen LogP contribution in [-0.4, -0.2) is 39.7 Å². The molecule has 142 valence electrons. The fourth-order valence-corrected chi connectivity index (χ4v) is 3.77. The van der Waals surface area contributed by atoms with Crippen LogP contribution in [0.1, 0.15) is 52.5 Å². The van der Waals surface area contributed by atoms with Crippen molar-refractivity contribution in [3.63, 3.8) is 0 Å². The van der Waals surface area contributed by atoms with E-state index in [1.165, 1.54) is 6.92 Å². The lowest BCUT2D eigenvalue weighted by molar-refractivity contribution is -0.139. The Hall–Kier alpha value is -1.53. The van der Waals surface area contributed by atoms with Crippen LogP contribution in [0.2, 0.25) is 0 Å². The first-order chi connectivity index (χ1) is 11.5. The summed E-state index contributed by atoms with van der Waals surface area (Å²) in [6, 6.07) is 3.15. The van der Waals surface area contributed by atoms with E-state index in [0.717, 1.165) is 19.3 Å². The maximum atomic E-state index is 11.7. The molecule has 4 atom stereocenters. The van der Waals surface area contributed by atoms with E-state index in [-0.39, 0.29) is 36.4 Å². The molecule has 0 spiro atoms. The number of carbonyl (C=O) groups excluding carboxylic acids is 1. The molecule has 0 aliphatic carbocycles. The van der Waals surface area contributed by atoms with E-state index < -0.39 is 12.0 Å². The highest BCUT2D eigenvalue weighted by Crippen LogP contribution is 2.31. The zero-order valence-electron chi connectivity index (χ0n) is 15.1. The van der Waals surface area contributed by atoms with Crippen molar-refractivity contribution in [3.8, 4) is 0 Å². The Labute approximate surface area is 155 Å². The summed E-state index contributed by atoms with van der Waals surface area (Å²) >= 11 is 0. The number of hydrogen-bond acceptors (Lipinski definition) is 3. The van der Waals surface area contributed by atoms with Gasteiger partial charge in [0.25, 0.3) is 0 Å². The fourth-order valence-electron chi connectivity index (χ4n) is 3.77. The van der Waals surface area contributed by atoms with Crippen LogP contribution in [0.3, 0.4) is 0 Å². The van der Waals surface area contributed by atoms with Gasteiger partial charge in [-0.25, -0.2) is 0 Å². The van der Waals surface area contributed by atoms with Gasteiger partial charge in [-0.2, -0.15) is 0 Å². The maximum absolute atomic E-state index is 11.7. The smallest absolute Gasteiger partial charge is 0.320 e.